The van der Waals surface area contributed by atoms with Crippen LogP contribution in [0.15, 0.2) is 68.9 Å². The van der Waals surface area contributed by atoms with Gasteiger partial charge in [-0.2, -0.15) is 0 Å². The van der Waals surface area contributed by atoms with Gasteiger partial charge in [0.1, 0.15) is 12.3 Å². The van der Waals surface area contributed by atoms with Crippen LogP contribution in [-0.4, -0.2) is 25.6 Å². The largest absolute Gasteiger partial charge is 0.474 e. The molecule has 0 bridgehead atoms. The van der Waals surface area contributed by atoms with Crippen LogP contribution in [0.1, 0.15) is 41.5 Å². The Morgan fingerprint density at radius 1 is 0.949 bits per heavy atom. The van der Waals surface area contributed by atoms with Crippen LogP contribution in [-0.2, 0) is 136 Å². The molecule has 5 aliphatic heterocycles. The molecule has 39 heavy (non-hydrogen) atoms. The fourth-order valence-corrected chi connectivity index (χ4v) is 2.18. The first-order valence-electron chi connectivity index (χ1n) is 11.5. The molecule has 4 radical (unpaired) electrons. The summed E-state index contributed by atoms with van der Waals surface area (Å²) < 4.78 is 4.78. The maximum absolute atomic E-state index is 4.78. The summed E-state index contributed by atoms with van der Waals surface area (Å²) >= 11 is 0. The molecule has 5 rings (SSSR count). The molecule has 0 aromatic carbocycles. The van der Waals surface area contributed by atoms with Gasteiger partial charge in [-0.15, -0.1) is 10.6 Å². The van der Waals surface area contributed by atoms with Crippen LogP contribution in [0.2, 0.25) is 0 Å². The Kier molecular flexibility index (Phi) is 37.7. The fourth-order valence-electron chi connectivity index (χ4n) is 2.18. The minimum absolute atomic E-state index is 0. The monoisotopic (exact) mass is 823 g/mol. The van der Waals surface area contributed by atoms with Gasteiger partial charge in [-0.3, -0.25) is 12.8 Å². The maximum atomic E-state index is 4.78. The number of aliphatic imine (C=N–C) groups is 2. The molecule has 0 aromatic heterocycles. The number of nitrogens with one attached hydrogen (secondary N) is 2. The zero-order valence-electron chi connectivity index (χ0n) is 23.9. The Hall–Kier alpha value is 0.626. The quantitative estimate of drug-likeness (QED) is 0.320. The van der Waals surface area contributed by atoms with Crippen LogP contribution in [0, 0.1) is 61.8 Å². The van der Waals surface area contributed by atoms with E-state index >= 15 is 0 Å². The van der Waals surface area contributed by atoms with E-state index in [1.165, 1.54) is 11.1 Å². The van der Waals surface area contributed by atoms with Crippen molar-refractivity contribution < 1.29 is 136 Å². The first kappa shape index (κ1) is 46.6. The molecule has 5 nitrogen and oxygen atoms in total. The van der Waals surface area contributed by atoms with Crippen molar-refractivity contribution >= 4 is 12.4 Å². The molecule has 5 aliphatic rings. The van der Waals surface area contributed by atoms with E-state index in [4.69, 9.17) is 4.74 Å². The molecule has 0 aromatic rings. The van der Waals surface area contributed by atoms with Crippen molar-refractivity contribution in [2.45, 2.75) is 41.5 Å². The predicted molar refractivity (Wildman–Crippen MR) is 144 cm³/mol. The molecule has 0 aliphatic carbocycles. The summed E-state index contributed by atoms with van der Waals surface area (Å²) in [6, 6.07) is 0. The van der Waals surface area contributed by atoms with Crippen LogP contribution in [0.25, 0.3) is 0 Å². The number of allylic oxidation sites excluding steroid dienone is 10. The molecule has 0 amide bonds. The van der Waals surface area contributed by atoms with Crippen LogP contribution in [0.4, 0.5) is 0 Å². The third-order valence-electron chi connectivity index (χ3n) is 4.57. The number of rotatable bonds is 0. The number of hydrogen-bond acceptors (Lipinski definition) is 5. The summed E-state index contributed by atoms with van der Waals surface area (Å²) in [5.41, 5.74) is 4.66. The molecule has 9 heteroatoms. The number of ether oxygens (including phenoxy) is 1. The SMILES string of the molecule is CC1=C(C)C=N[C+]=C1.CC1=C[C+]=NC=[C-]1.CC1=[C-]N[C+]=C1.CC1C=[C+]NC[CH-]1.CC1C=[C+]OC[CH-]1.[Y].[Y].[Y].[Y]. The first-order valence-corrected chi connectivity index (χ1v) is 11.5. The van der Waals surface area contributed by atoms with Gasteiger partial charge in [0, 0.05) is 150 Å². The van der Waals surface area contributed by atoms with Gasteiger partial charge >= 0.3 is 12.5 Å². The molecule has 0 saturated heterocycles. The topological polar surface area (TPSA) is 58.0 Å². The molecule has 2 atom stereocenters. The number of nitrogens with zero attached hydrogens (tertiary/aromatic N) is 2. The van der Waals surface area contributed by atoms with E-state index in [1.807, 2.05) is 58.2 Å². The van der Waals surface area contributed by atoms with Gasteiger partial charge < -0.3 is 10.1 Å². The van der Waals surface area contributed by atoms with Crippen LogP contribution in [0.3, 0.4) is 0 Å². The molecule has 5 heterocycles. The second-order valence-corrected chi connectivity index (χ2v) is 7.96. The first-order chi connectivity index (χ1) is 16.9. The van der Waals surface area contributed by atoms with E-state index in [-0.39, 0.29) is 131 Å². The van der Waals surface area contributed by atoms with Crippen molar-refractivity contribution in [2.24, 2.45) is 21.8 Å². The summed E-state index contributed by atoms with van der Waals surface area (Å²) in [5.74, 6) is 1.16. The smallest absolute Gasteiger partial charge is 0.319 e. The van der Waals surface area contributed by atoms with Crippen molar-refractivity contribution in [3.63, 3.8) is 0 Å². The van der Waals surface area contributed by atoms with Gasteiger partial charge in [0.15, 0.2) is 18.4 Å². The molecular formula is C30H35N4OY4+. The molecule has 192 valence electrons. The van der Waals surface area contributed by atoms with Crippen molar-refractivity contribution in [2.75, 3.05) is 13.2 Å². The third kappa shape index (κ3) is 28.5. The van der Waals surface area contributed by atoms with E-state index in [0.717, 1.165) is 24.3 Å². The summed E-state index contributed by atoms with van der Waals surface area (Å²) in [6.07, 6.45) is 36.7. The third-order valence-corrected chi connectivity index (χ3v) is 4.57. The minimum Gasteiger partial charge on any atom is -0.319 e. The molecule has 0 saturated carbocycles. The van der Waals surface area contributed by atoms with E-state index in [0.29, 0.717) is 11.8 Å². The zero-order chi connectivity index (χ0) is 25.7. The Bertz CT molecular complexity index is 884. The molecule has 2 N–H and O–H groups in total. The zero-order valence-corrected chi connectivity index (χ0v) is 35.2. The van der Waals surface area contributed by atoms with Crippen LogP contribution in [0.5, 0.6) is 0 Å². The summed E-state index contributed by atoms with van der Waals surface area (Å²) in [4.78, 5) is 7.49. The summed E-state index contributed by atoms with van der Waals surface area (Å²) in [5, 5.41) is 5.63. The predicted octanol–water partition coefficient (Wildman–Crippen LogP) is 5.46. The second-order valence-electron chi connectivity index (χ2n) is 7.96. The normalized spacial score (nSPS) is 18.9. The second kappa shape index (κ2) is 31.6. The standard InChI is InChI=1S/C7H8N.C6H9N.C6H5N.C6H8O.C5H5N.4Y/c1-6-3-4-8-5-7(6)2;3*1-6-2-4-7-5-3-6;1-5-2-3-6-4-5;;;;/h3,5H,1-2H3;2-3,6-7H,4H2,1H3;2,5H,1H3;2-3,6H,4H2,1H3;2,6H,1H3;;;;/q+1;;;;;;;;. The molecular weight excluding hydrogens is 788 g/mol. The van der Waals surface area contributed by atoms with Gasteiger partial charge in [0.05, 0.1) is 29.8 Å². The van der Waals surface area contributed by atoms with Crippen LogP contribution >= 0.6 is 0 Å². The Balaban J connectivity index is -0.000000192. The molecule has 0 spiro atoms. The van der Waals surface area contributed by atoms with Crippen molar-refractivity contribution in [3.05, 3.63) is 109 Å². The number of hydrogen-bond donors (Lipinski definition) is 2. The minimum atomic E-state index is 0. The van der Waals surface area contributed by atoms with Gasteiger partial charge in [-0.05, 0) is 38.6 Å². The molecule has 2 unspecified atom stereocenters. The van der Waals surface area contributed by atoms with Gasteiger partial charge in [0.25, 0.3) is 0 Å². The molecule has 0 fully saturated rings. The Morgan fingerprint density at radius 3 is 1.92 bits per heavy atom. The van der Waals surface area contributed by atoms with Gasteiger partial charge in [0.2, 0.25) is 0 Å². The van der Waals surface area contributed by atoms with Crippen LogP contribution < -0.4 is 10.6 Å². The Morgan fingerprint density at radius 2 is 1.67 bits per heavy atom. The average molecular weight is 823 g/mol. The average Bonchev–Trinajstić information content (AvgIpc) is 3.35. The van der Waals surface area contributed by atoms with E-state index < -0.39 is 0 Å². The van der Waals surface area contributed by atoms with Crippen molar-refractivity contribution in [1.29, 1.82) is 0 Å². The van der Waals surface area contributed by atoms with Crippen molar-refractivity contribution in [3.8, 4) is 0 Å². The van der Waals surface area contributed by atoms with Gasteiger partial charge in [-0.1, -0.05) is 43.3 Å². The van der Waals surface area contributed by atoms with Gasteiger partial charge in [-0.25, -0.2) is 5.32 Å². The summed E-state index contributed by atoms with van der Waals surface area (Å²) in [7, 11) is 0. The van der Waals surface area contributed by atoms with E-state index in [2.05, 4.69) is 90.7 Å². The van der Waals surface area contributed by atoms with E-state index in [1.54, 1.807) is 12.3 Å². The Labute approximate surface area is 338 Å². The van der Waals surface area contributed by atoms with E-state index in [9.17, 15) is 0 Å². The fraction of sp³-hybridized carbons (Fsp3) is 0.333. The summed E-state index contributed by atoms with van der Waals surface area (Å²) in [6.45, 7) is 14.0. The van der Waals surface area contributed by atoms with Crippen molar-refractivity contribution in [1.82, 2.24) is 10.6 Å². The maximum Gasteiger partial charge on any atom is 0.474 e.